The number of pyridine rings is 1. The molecule has 3 rings (SSSR count). The van der Waals surface area contributed by atoms with Crippen molar-refractivity contribution < 1.29 is 51.4 Å². The van der Waals surface area contributed by atoms with Crippen LogP contribution in [0.15, 0.2) is 48.5 Å². The molecule has 1 saturated heterocycles. The Morgan fingerprint density at radius 2 is 1.63 bits per heavy atom. The summed E-state index contributed by atoms with van der Waals surface area (Å²) in [4.78, 5) is 82.5. The predicted octanol–water partition coefficient (Wildman–Crippen LogP) is 2.85. The van der Waals surface area contributed by atoms with Crippen LogP contribution in [0.3, 0.4) is 0 Å². The van der Waals surface area contributed by atoms with Crippen molar-refractivity contribution in [1.82, 2.24) is 31.6 Å². The SMILES string of the molecule is CCCCNC(=O)C(=O)[C@H](C[C@@H]1CCNC1=O)NC(=O)[C@H](CC(C)C)NC(=O)[C@H](Cc1cccc(OC(F)(F)F)n1)NC(=O)OCc1ccccc1. The molecule has 1 aliphatic heterocycles. The number of alkyl halides is 3. The molecular weight excluding hydrogens is 689 g/mol. The van der Waals surface area contributed by atoms with Gasteiger partial charge in [-0.3, -0.25) is 24.0 Å². The highest BCUT2D eigenvalue weighted by molar-refractivity contribution is 6.38. The maximum absolute atomic E-state index is 13.8. The highest BCUT2D eigenvalue weighted by Crippen LogP contribution is 2.21. The summed E-state index contributed by atoms with van der Waals surface area (Å²) < 4.78 is 47.7. The smallest absolute Gasteiger partial charge is 0.445 e. The number of halogens is 3. The van der Waals surface area contributed by atoms with Gasteiger partial charge in [0, 0.05) is 37.2 Å². The Hall–Kier alpha value is -5.22. The summed E-state index contributed by atoms with van der Waals surface area (Å²) in [5.74, 6) is -5.58. The first-order valence-corrected chi connectivity index (χ1v) is 17.0. The molecule has 0 spiro atoms. The van der Waals surface area contributed by atoms with Crippen molar-refractivity contribution in [2.75, 3.05) is 13.1 Å². The third kappa shape index (κ3) is 14.2. The number of nitrogens with one attached hydrogen (secondary N) is 5. The van der Waals surface area contributed by atoms with Gasteiger partial charge >= 0.3 is 12.5 Å². The largest absolute Gasteiger partial charge is 0.574 e. The molecule has 1 aromatic heterocycles. The lowest BCUT2D eigenvalue weighted by Gasteiger charge is -2.26. The van der Waals surface area contributed by atoms with Crippen molar-refractivity contribution in [3.8, 4) is 5.88 Å². The quantitative estimate of drug-likeness (QED) is 0.107. The van der Waals surface area contributed by atoms with E-state index in [0.717, 1.165) is 12.5 Å². The van der Waals surface area contributed by atoms with Gasteiger partial charge in [0.1, 0.15) is 18.7 Å². The van der Waals surface area contributed by atoms with Crippen molar-refractivity contribution in [3.05, 3.63) is 59.8 Å². The number of carbonyl (C=O) groups excluding carboxylic acids is 6. The minimum atomic E-state index is -5.03. The molecule has 0 bridgehead atoms. The lowest BCUT2D eigenvalue weighted by atomic mass is 9.94. The number of nitrogens with zero attached hydrogens (tertiary/aromatic N) is 1. The van der Waals surface area contributed by atoms with Crippen molar-refractivity contribution in [3.63, 3.8) is 0 Å². The molecule has 1 aliphatic rings. The molecule has 0 aliphatic carbocycles. The third-order valence-corrected chi connectivity index (χ3v) is 7.93. The highest BCUT2D eigenvalue weighted by atomic mass is 19.4. The molecule has 0 radical (unpaired) electrons. The van der Waals surface area contributed by atoms with Gasteiger partial charge in [-0.25, -0.2) is 9.78 Å². The summed E-state index contributed by atoms with van der Waals surface area (Å²) in [7, 11) is 0. The molecule has 17 heteroatoms. The van der Waals surface area contributed by atoms with Gasteiger partial charge in [-0.2, -0.15) is 0 Å². The van der Waals surface area contributed by atoms with E-state index in [1.807, 2.05) is 6.92 Å². The van der Waals surface area contributed by atoms with Crippen molar-refractivity contribution in [2.24, 2.45) is 11.8 Å². The maximum atomic E-state index is 13.8. The van der Waals surface area contributed by atoms with E-state index in [-0.39, 0.29) is 43.5 Å². The van der Waals surface area contributed by atoms with E-state index < -0.39 is 72.3 Å². The van der Waals surface area contributed by atoms with Crippen LogP contribution in [0.5, 0.6) is 5.88 Å². The van der Waals surface area contributed by atoms with Crippen molar-refractivity contribution in [1.29, 1.82) is 0 Å². The number of Topliss-reactive ketones (excluding diaryl/α,β-unsaturated/α-hetero) is 1. The molecule has 0 saturated carbocycles. The van der Waals surface area contributed by atoms with Gasteiger partial charge in [-0.05, 0) is 43.2 Å². The number of unbranched alkanes of at least 4 members (excludes halogenated alkanes) is 1. The van der Waals surface area contributed by atoms with Gasteiger partial charge in [-0.15, -0.1) is 13.2 Å². The number of amides is 5. The van der Waals surface area contributed by atoms with Crippen LogP contribution in [0.4, 0.5) is 18.0 Å². The monoisotopic (exact) mass is 734 g/mol. The average Bonchev–Trinajstić information content (AvgIpc) is 3.49. The Kier molecular flexibility index (Phi) is 15.8. The Labute approximate surface area is 299 Å². The van der Waals surface area contributed by atoms with Crippen LogP contribution in [0.1, 0.15) is 64.1 Å². The standard InChI is InChI=1S/C35H45F3N6O8/c1-4-5-15-39-33(49)29(45)25(18-23-14-16-40-30(23)46)42-31(47)26(17-21(2)3)43-32(48)27(44-34(50)51-20-22-10-7-6-8-11-22)19-24-12-9-13-28(41-24)52-35(36,37)38/h6-13,21,23,25-27H,4-5,14-20H2,1-3H3,(H,39,49)(H,40,46)(H,42,47)(H,43,48)(H,44,50)/t23-,25-,26-,27-/m0/s1. The number of ketones is 1. The zero-order chi connectivity index (χ0) is 38.3. The number of carbonyl (C=O) groups is 6. The van der Waals surface area contributed by atoms with E-state index in [9.17, 15) is 41.9 Å². The summed E-state index contributed by atoms with van der Waals surface area (Å²) in [6, 6.07) is 7.93. The number of hydrogen-bond donors (Lipinski definition) is 5. The predicted molar refractivity (Wildman–Crippen MR) is 180 cm³/mol. The fourth-order valence-corrected chi connectivity index (χ4v) is 5.33. The molecule has 1 fully saturated rings. The number of aromatic nitrogens is 1. The molecule has 14 nitrogen and oxygen atoms in total. The van der Waals surface area contributed by atoms with Gasteiger partial charge in [0.05, 0.1) is 6.04 Å². The van der Waals surface area contributed by atoms with E-state index >= 15 is 0 Å². The zero-order valence-electron chi connectivity index (χ0n) is 29.2. The first-order chi connectivity index (χ1) is 24.6. The first kappa shape index (κ1) is 41.2. The van der Waals surface area contributed by atoms with Crippen LogP contribution in [0, 0.1) is 11.8 Å². The van der Waals surface area contributed by atoms with Gasteiger partial charge in [0.15, 0.2) is 0 Å². The van der Waals surface area contributed by atoms with Crippen molar-refractivity contribution in [2.45, 2.75) is 90.4 Å². The number of rotatable bonds is 19. The minimum absolute atomic E-state index is 0.0451. The Balaban J connectivity index is 1.83. The normalized spacial score (nSPS) is 15.8. The second-order valence-electron chi connectivity index (χ2n) is 12.7. The maximum Gasteiger partial charge on any atom is 0.574 e. The van der Waals surface area contributed by atoms with Crippen LogP contribution in [-0.4, -0.2) is 78.1 Å². The van der Waals surface area contributed by atoms with Crippen LogP contribution < -0.4 is 31.3 Å². The lowest BCUT2D eigenvalue weighted by Crippen LogP contribution is -2.57. The van der Waals surface area contributed by atoms with Gasteiger partial charge in [0.25, 0.3) is 5.91 Å². The molecule has 2 heterocycles. The summed E-state index contributed by atoms with van der Waals surface area (Å²) in [6.07, 6.45) is -4.85. The number of ether oxygens (including phenoxy) is 2. The summed E-state index contributed by atoms with van der Waals surface area (Å²) in [5, 5.41) is 12.7. The van der Waals surface area contributed by atoms with E-state index in [2.05, 4.69) is 36.3 Å². The third-order valence-electron chi connectivity index (χ3n) is 7.93. The molecule has 284 valence electrons. The van der Waals surface area contributed by atoms with Crippen LogP contribution in [-0.2, 0) is 41.7 Å². The van der Waals surface area contributed by atoms with E-state index in [0.29, 0.717) is 24.9 Å². The molecule has 4 atom stereocenters. The minimum Gasteiger partial charge on any atom is -0.445 e. The molecule has 5 N–H and O–H groups in total. The first-order valence-electron chi connectivity index (χ1n) is 17.0. The molecule has 1 aromatic carbocycles. The van der Waals surface area contributed by atoms with Gasteiger partial charge in [0.2, 0.25) is 29.4 Å². The fourth-order valence-electron chi connectivity index (χ4n) is 5.33. The molecule has 2 aromatic rings. The van der Waals surface area contributed by atoms with Crippen LogP contribution >= 0.6 is 0 Å². The molecule has 52 heavy (non-hydrogen) atoms. The highest BCUT2D eigenvalue weighted by Gasteiger charge is 2.37. The van der Waals surface area contributed by atoms with E-state index in [4.69, 9.17) is 4.74 Å². The van der Waals surface area contributed by atoms with Crippen LogP contribution in [0.2, 0.25) is 0 Å². The second kappa shape index (κ2) is 20.0. The Morgan fingerprint density at radius 3 is 2.27 bits per heavy atom. The Bertz CT molecular complexity index is 1540. The fraction of sp³-hybridized carbons (Fsp3) is 0.514. The van der Waals surface area contributed by atoms with Gasteiger partial charge in [-0.1, -0.05) is 63.6 Å². The average molecular weight is 735 g/mol. The lowest BCUT2D eigenvalue weighted by molar-refractivity contribution is -0.276. The zero-order valence-corrected chi connectivity index (χ0v) is 29.2. The summed E-state index contributed by atoms with van der Waals surface area (Å²) in [6.45, 7) is 5.89. The summed E-state index contributed by atoms with van der Waals surface area (Å²) >= 11 is 0. The number of alkyl carbamates (subject to hydrolysis) is 1. The van der Waals surface area contributed by atoms with E-state index in [1.54, 1.807) is 44.2 Å². The van der Waals surface area contributed by atoms with Gasteiger partial charge < -0.3 is 36.1 Å². The molecule has 0 unspecified atom stereocenters. The topological polar surface area (TPSA) is 194 Å². The Morgan fingerprint density at radius 1 is 0.942 bits per heavy atom. The number of benzene rings is 1. The van der Waals surface area contributed by atoms with Crippen molar-refractivity contribution >= 4 is 35.5 Å². The molecular formula is C35H45F3N6O8. The van der Waals surface area contributed by atoms with Crippen LogP contribution in [0.25, 0.3) is 0 Å². The van der Waals surface area contributed by atoms with E-state index in [1.165, 1.54) is 12.1 Å². The molecule has 5 amide bonds. The summed E-state index contributed by atoms with van der Waals surface area (Å²) in [5.41, 5.74) is 0.578. The number of hydrogen-bond acceptors (Lipinski definition) is 9. The second-order valence-corrected chi connectivity index (χ2v) is 12.7.